The van der Waals surface area contributed by atoms with E-state index in [0.29, 0.717) is 6.07 Å². The molecule has 0 bridgehead atoms. The molecule has 2 rings (SSSR count). The Labute approximate surface area is 127 Å². The van der Waals surface area contributed by atoms with Gasteiger partial charge in [0.05, 0.1) is 11.1 Å². The minimum atomic E-state index is -4.84. The summed E-state index contributed by atoms with van der Waals surface area (Å²) >= 11 is 0. The Bertz CT molecular complexity index is 708. The Morgan fingerprint density at radius 3 is 2.09 bits per heavy atom. The van der Waals surface area contributed by atoms with Gasteiger partial charge >= 0.3 is 12.4 Å². The predicted octanol–water partition coefficient (Wildman–Crippen LogP) is 4.41. The van der Waals surface area contributed by atoms with E-state index >= 15 is 0 Å². The van der Waals surface area contributed by atoms with Crippen LogP contribution >= 0.6 is 0 Å². The number of allylic oxidation sites excluding steroid dienone is 5. The summed E-state index contributed by atoms with van der Waals surface area (Å²) < 4.78 is 79.1. The van der Waals surface area contributed by atoms with Crippen molar-refractivity contribution in [2.24, 2.45) is 5.73 Å². The van der Waals surface area contributed by atoms with Crippen LogP contribution in [0.3, 0.4) is 0 Å². The number of nitrogens with two attached hydrogens (primary N) is 2. The van der Waals surface area contributed by atoms with Gasteiger partial charge in [0.1, 0.15) is 0 Å². The minimum Gasteiger partial charge on any atom is -0.402 e. The fraction of sp³-hybridized carbons (Fsp3) is 0.200. The summed E-state index contributed by atoms with van der Waals surface area (Å²) in [6.07, 6.45) is -6.96. The second-order valence-corrected chi connectivity index (χ2v) is 4.94. The average molecular weight is 334 g/mol. The minimum absolute atomic E-state index is 0.116. The highest BCUT2D eigenvalue weighted by Gasteiger charge is 2.40. The van der Waals surface area contributed by atoms with Gasteiger partial charge in [-0.15, -0.1) is 0 Å². The number of nitrogen functional groups attached to an aromatic ring is 1. The van der Waals surface area contributed by atoms with Crippen molar-refractivity contribution < 1.29 is 26.3 Å². The van der Waals surface area contributed by atoms with Crippen LogP contribution in [0.15, 0.2) is 47.7 Å². The van der Waals surface area contributed by atoms with Crippen LogP contribution in [-0.2, 0) is 6.18 Å². The van der Waals surface area contributed by atoms with Crippen molar-refractivity contribution in [2.45, 2.75) is 18.8 Å². The van der Waals surface area contributed by atoms with E-state index in [-0.39, 0.29) is 17.8 Å². The van der Waals surface area contributed by atoms with Crippen LogP contribution in [0.25, 0.3) is 5.57 Å². The van der Waals surface area contributed by atoms with Crippen LogP contribution in [0.5, 0.6) is 0 Å². The van der Waals surface area contributed by atoms with Crippen molar-refractivity contribution in [2.75, 3.05) is 5.73 Å². The molecule has 1 aromatic rings. The number of hydrogen-bond acceptors (Lipinski definition) is 2. The zero-order valence-corrected chi connectivity index (χ0v) is 11.6. The van der Waals surface area contributed by atoms with Gasteiger partial charge in [0.25, 0.3) is 0 Å². The van der Waals surface area contributed by atoms with Crippen molar-refractivity contribution in [3.8, 4) is 0 Å². The molecule has 23 heavy (non-hydrogen) atoms. The van der Waals surface area contributed by atoms with Crippen molar-refractivity contribution in [1.29, 1.82) is 0 Å². The SMILES string of the molecule is NC1=CC=C(c2ccc(N)cc2C(F)(F)F)C(C(F)(F)F)=CC1. The molecular formula is C15H12F6N2. The van der Waals surface area contributed by atoms with Crippen LogP contribution in [-0.4, -0.2) is 6.18 Å². The first-order chi connectivity index (χ1) is 10.5. The standard InChI is InChI=1S/C15H12F6N2/c16-14(17,18)12-6-3-8(22)1-4-10(12)11-5-2-9(23)7-13(11)15(19,20)21/h1-2,4-7H,3,22-23H2. The Balaban J connectivity index is 2.72. The van der Waals surface area contributed by atoms with Gasteiger partial charge in [-0.1, -0.05) is 18.2 Å². The smallest absolute Gasteiger partial charge is 0.402 e. The van der Waals surface area contributed by atoms with Crippen molar-refractivity contribution in [3.63, 3.8) is 0 Å². The first-order valence-electron chi connectivity index (χ1n) is 6.41. The number of halogens is 6. The van der Waals surface area contributed by atoms with Crippen LogP contribution in [0.1, 0.15) is 17.5 Å². The predicted molar refractivity (Wildman–Crippen MR) is 74.9 cm³/mol. The number of benzene rings is 1. The highest BCUT2D eigenvalue weighted by Crippen LogP contribution is 2.43. The summed E-state index contributed by atoms with van der Waals surface area (Å²) in [5.41, 5.74) is 7.17. The van der Waals surface area contributed by atoms with E-state index in [1.807, 2.05) is 0 Å². The highest BCUT2D eigenvalue weighted by atomic mass is 19.4. The van der Waals surface area contributed by atoms with Crippen LogP contribution < -0.4 is 11.5 Å². The first kappa shape index (κ1) is 17.0. The van der Waals surface area contributed by atoms with Gasteiger partial charge in [-0.05, 0) is 29.3 Å². The average Bonchev–Trinajstić information content (AvgIpc) is 2.59. The Hall–Kier alpha value is -2.38. The van der Waals surface area contributed by atoms with Gasteiger partial charge in [0, 0.05) is 17.8 Å². The lowest BCUT2D eigenvalue weighted by Crippen LogP contribution is -2.16. The number of rotatable bonds is 1. The molecule has 0 amide bonds. The molecule has 0 unspecified atom stereocenters. The molecule has 0 aromatic heterocycles. The highest BCUT2D eigenvalue weighted by molar-refractivity contribution is 5.84. The van der Waals surface area contributed by atoms with E-state index in [0.717, 1.165) is 24.3 Å². The molecule has 8 heteroatoms. The third-order valence-corrected chi connectivity index (χ3v) is 3.24. The molecule has 0 fully saturated rings. The van der Waals surface area contributed by atoms with E-state index in [1.54, 1.807) is 0 Å². The zero-order valence-electron chi connectivity index (χ0n) is 11.6. The van der Waals surface area contributed by atoms with E-state index in [2.05, 4.69) is 0 Å². The second kappa shape index (κ2) is 5.68. The number of alkyl halides is 6. The van der Waals surface area contributed by atoms with Gasteiger partial charge < -0.3 is 11.5 Å². The lowest BCUT2D eigenvalue weighted by Gasteiger charge is -2.19. The summed E-state index contributed by atoms with van der Waals surface area (Å²) in [5, 5.41) is 0. The Kier molecular flexibility index (Phi) is 4.19. The topological polar surface area (TPSA) is 52.0 Å². The third-order valence-electron chi connectivity index (χ3n) is 3.24. The quantitative estimate of drug-likeness (QED) is 0.590. The van der Waals surface area contributed by atoms with Crippen molar-refractivity contribution >= 4 is 11.3 Å². The molecule has 1 aliphatic rings. The maximum atomic E-state index is 13.2. The molecule has 0 saturated heterocycles. The van der Waals surface area contributed by atoms with Gasteiger partial charge in [0.15, 0.2) is 0 Å². The molecular weight excluding hydrogens is 322 g/mol. The molecule has 0 spiro atoms. The van der Waals surface area contributed by atoms with Crippen LogP contribution in [0, 0.1) is 0 Å². The first-order valence-corrected chi connectivity index (χ1v) is 6.41. The summed E-state index contributed by atoms with van der Waals surface area (Å²) in [7, 11) is 0. The largest absolute Gasteiger partial charge is 0.417 e. The lowest BCUT2D eigenvalue weighted by atomic mass is 9.92. The number of anilines is 1. The van der Waals surface area contributed by atoms with Gasteiger partial charge in [-0.3, -0.25) is 0 Å². The van der Waals surface area contributed by atoms with E-state index in [9.17, 15) is 26.3 Å². The van der Waals surface area contributed by atoms with Gasteiger partial charge in [0.2, 0.25) is 0 Å². The molecule has 4 N–H and O–H groups in total. The maximum Gasteiger partial charge on any atom is 0.417 e. The molecule has 1 aromatic carbocycles. The normalized spacial score (nSPS) is 16.3. The number of hydrogen-bond donors (Lipinski definition) is 2. The summed E-state index contributed by atoms with van der Waals surface area (Å²) in [4.78, 5) is 0. The van der Waals surface area contributed by atoms with Crippen LogP contribution in [0.4, 0.5) is 32.0 Å². The fourth-order valence-corrected chi connectivity index (χ4v) is 2.21. The fourth-order valence-electron chi connectivity index (χ4n) is 2.21. The van der Waals surface area contributed by atoms with Gasteiger partial charge in [-0.25, -0.2) is 0 Å². The molecule has 0 atom stereocenters. The van der Waals surface area contributed by atoms with E-state index < -0.39 is 34.6 Å². The molecule has 124 valence electrons. The van der Waals surface area contributed by atoms with E-state index in [4.69, 9.17) is 11.5 Å². The maximum absolute atomic E-state index is 13.2. The zero-order chi connectivity index (χ0) is 17.4. The van der Waals surface area contributed by atoms with Crippen LogP contribution in [0.2, 0.25) is 0 Å². The molecule has 1 aliphatic carbocycles. The Morgan fingerprint density at radius 2 is 1.52 bits per heavy atom. The lowest BCUT2D eigenvalue weighted by molar-refractivity contribution is -0.137. The monoisotopic (exact) mass is 334 g/mol. The summed E-state index contributed by atoms with van der Waals surface area (Å²) in [5.74, 6) is 0. The van der Waals surface area contributed by atoms with Gasteiger partial charge in [-0.2, -0.15) is 26.3 Å². The Morgan fingerprint density at radius 1 is 0.870 bits per heavy atom. The van der Waals surface area contributed by atoms with Crippen molar-refractivity contribution in [3.05, 3.63) is 58.8 Å². The third kappa shape index (κ3) is 3.69. The molecule has 0 saturated carbocycles. The molecule has 2 nitrogen and oxygen atoms in total. The molecule has 0 radical (unpaired) electrons. The molecule has 0 heterocycles. The van der Waals surface area contributed by atoms with Crippen molar-refractivity contribution in [1.82, 2.24) is 0 Å². The van der Waals surface area contributed by atoms with E-state index in [1.165, 1.54) is 6.08 Å². The molecule has 0 aliphatic heterocycles. The summed E-state index contributed by atoms with van der Waals surface area (Å²) in [6.45, 7) is 0. The second-order valence-electron chi connectivity index (χ2n) is 4.94. The summed E-state index contributed by atoms with van der Waals surface area (Å²) in [6, 6.07) is 2.67.